The summed E-state index contributed by atoms with van der Waals surface area (Å²) >= 11 is 0. The van der Waals surface area contributed by atoms with Crippen LogP contribution in [0.4, 0.5) is 0 Å². The first-order chi connectivity index (χ1) is 14.2. The van der Waals surface area contributed by atoms with E-state index in [1.165, 1.54) is 19.1 Å². The molecule has 170 valence electrons. The number of carbonyl (C=O) groups is 1. The highest BCUT2D eigenvalue weighted by Crippen LogP contribution is 2.69. The largest absolute Gasteiger partial charge is 0.508 e. The Bertz CT molecular complexity index is 961. The van der Waals surface area contributed by atoms with Gasteiger partial charge in [0, 0.05) is 17.4 Å². The Hall–Kier alpha value is -2.13. The van der Waals surface area contributed by atoms with E-state index in [4.69, 9.17) is 4.74 Å². The van der Waals surface area contributed by atoms with Crippen LogP contribution < -0.4 is 0 Å². The maximum absolute atomic E-state index is 12.8. The molecule has 0 aromatic heterocycles. The van der Waals surface area contributed by atoms with Crippen molar-refractivity contribution in [1.82, 2.24) is 0 Å². The molecule has 8 heteroatoms. The van der Waals surface area contributed by atoms with Crippen LogP contribution in [0.1, 0.15) is 49.5 Å². The molecule has 6 N–H and O–H groups in total. The summed E-state index contributed by atoms with van der Waals surface area (Å²) in [4.78, 5) is 12.8. The highest BCUT2D eigenvalue weighted by Gasteiger charge is 2.77. The predicted molar refractivity (Wildman–Crippen MR) is 109 cm³/mol. The molecular weight excluding hydrogens is 404 g/mol. The third-order valence-electron chi connectivity index (χ3n) is 7.86. The van der Waals surface area contributed by atoms with Crippen molar-refractivity contribution in [3.63, 3.8) is 0 Å². The molecule has 0 saturated heterocycles. The van der Waals surface area contributed by atoms with E-state index >= 15 is 0 Å². The number of ether oxygens (including phenoxy) is 1. The Labute approximate surface area is 180 Å². The van der Waals surface area contributed by atoms with Crippen molar-refractivity contribution in [2.45, 2.75) is 63.9 Å². The molecule has 3 aliphatic rings. The summed E-state index contributed by atoms with van der Waals surface area (Å²) in [6.45, 7) is 6.40. The van der Waals surface area contributed by atoms with Crippen LogP contribution in [-0.4, -0.2) is 66.6 Å². The fraction of sp³-hybridized carbons (Fsp3) is 0.609. The Morgan fingerprint density at radius 3 is 2.42 bits per heavy atom. The van der Waals surface area contributed by atoms with E-state index in [2.05, 4.69) is 0 Å². The van der Waals surface area contributed by atoms with Crippen LogP contribution in [0.15, 0.2) is 23.8 Å². The molecule has 1 aromatic carbocycles. The van der Waals surface area contributed by atoms with Crippen LogP contribution in [0.3, 0.4) is 0 Å². The number of hydrogen-bond donors (Lipinski definition) is 6. The molecule has 2 fully saturated rings. The van der Waals surface area contributed by atoms with Gasteiger partial charge in [0.1, 0.15) is 28.8 Å². The number of fused-ring (bicyclic) bond motifs is 3. The van der Waals surface area contributed by atoms with Gasteiger partial charge >= 0.3 is 5.97 Å². The van der Waals surface area contributed by atoms with Gasteiger partial charge in [-0.2, -0.15) is 0 Å². The number of hydrogen-bond acceptors (Lipinski definition) is 8. The van der Waals surface area contributed by atoms with Gasteiger partial charge in [0.05, 0.1) is 18.3 Å². The summed E-state index contributed by atoms with van der Waals surface area (Å²) in [6, 6.07) is 2.34. The van der Waals surface area contributed by atoms with E-state index in [1.54, 1.807) is 6.92 Å². The van der Waals surface area contributed by atoms with Crippen LogP contribution in [0.5, 0.6) is 11.5 Å². The minimum absolute atomic E-state index is 0.126. The van der Waals surface area contributed by atoms with Gasteiger partial charge in [-0.05, 0) is 48.5 Å². The van der Waals surface area contributed by atoms with E-state index in [1.807, 2.05) is 13.8 Å². The van der Waals surface area contributed by atoms with Gasteiger partial charge in [-0.15, -0.1) is 0 Å². The van der Waals surface area contributed by atoms with Gasteiger partial charge in [0.25, 0.3) is 0 Å². The third-order valence-corrected chi connectivity index (χ3v) is 7.86. The van der Waals surface area contributed by atoms with Crippen LogP contribution in [0.2, 0.25) is 0 Å². The fourth-order valence-corrected chi connectivity index (χ4v) is 6.48. The van der Waals surface area contributed by atoms with Gasteiger partial charge in [-0.3, -0.25) is 0 Å². The summed E-state index contributed by atoms with van der Waals surface area (Å²) in [6.07, 6.45) is -0.112. The minimum atomic E-state index is -1.78. The molecule has 3 aliphatic carbocycles. The van der Waals surface area contributed by atoms with Crippen LogP contribution in [-0.2, 0) is 4.74 Å². The minimum Gasteiger partial charge on any atom is -0.508 e. The molecule has 0 bridgehead atoms. The molecule has 0 amide bonds. The molecule has 0 aliphatic heterocycles. The van der Waals surface area contributed by atoms with Gasteiger partial charge in [0.2, 0.25) is 0 Å². The number of carbonyl (C=O) groups excluding carboxylic acids is 1. The zero-order valence-corrected chi connectivity index (χ0v) is 18.1. The summed E-state index contributed by atoms with van der Waals surface area (Å²) < 4.78 is 5.57. The first kappa shape index (κ1) is 22.1. The van der Waals surface area contributed by atoms with Crippen molar-refractivity contribution in [1.29, 1.82) is 0 Å². The molecule has 2 saturated carbocycles. The number of rotatable bonds is 3. The number of phenols is 2. The Kier molecular flexibility index (Phi) is 4.59. The standard InChI is InChI=1S/C23H30O8/c1-11-5-13(25)6-14(26)16(11)19(28)31-15-8-21(4)17-18(27)20(2,3)10-22(17,29)7-12(9-24)23(15,21)30/h5-7,15,17-18,24-27,29-30H,8-10H2,1-4H3/t15-,17-,18-,21-,22+,23+/m1/s1. The number of aliphatic hydroxyl groups is 4. The first-order valence-corrected chi connectivity index (χ1v) is 10.4. The average Bonchev–Trinajstić information content (AvgIpc) is 2.81. The molecule has 0 radical (unpaired) electrons. The number of esters is 1. The second-order valence-electron chi connectivity index (χ2n) is 10.3. The lowest BCUT2D eigenvalue weighted by molar-refractivity contribution is -0.276. The maximum atomic E-state index is 12.8. The summed E-state index contributed by atoms with van der Waals surface area (Å²) in [5.41, 5.74) is -4.51. The van der Waals surface area contributed by atoms with Crippen molar-refractivity contribution in [3.05, 3.63) is 34.9 Å². The Morgan fingerprint density at radius 2 is 1.84 bits per heavy atom. The number of aromatic hydroxyl groups is 2. The molecule has 0 heterocycles. The van der Waals surface area contributed by atoms with E-state index in [-0.39, 0.29) is 29.7 Å². The molecular formula is C23H30O8. The number of benzene rings is 1. The Balaban J connectivity index is 1.71. The average molecular weight is 434 g/mol. The van der Waals surface area contributed by atoms with E-state index < -0.39 is 58.5 Å². The summed E-state index contributed by atoms with van der Waals surface area (Å²) in [7, 11) is 0. The van der Waals surface area contributed by atoms with Gasteiger partial charge in [-0.25, -0.2) is 4.79 Å². The van der Waals surface area contributed by atoms with E-state index in [0.717, 1.165) is 6.07 Å². The van der Waals surface area contributed by atoms with Crippen molar-refractivity contribution < 1.29 is 40.2 Å². The molecule has 8 nitrogen and oxygen atoms in total. The highest BCUT2D eigenvalue weighted by molar-refractivity contribution is 5.94. The zero-order chi connectivity index (χ0) is 23.1. The van der Waals surface area contributed by atoms with Crippen LogP contribution >= 0.6 is 0 Å². The lowest BCUT2D eigenvalue weighted by Crippen LogP contribution is -2.76. The van der Waals surface area contributed by atoms with Crippen LogP contribution in [0, 0.1) is 23.7 Å². The number of aryl methyl sites for hydroxylation is 1. The topological polar surface area (TPSA) is 148 Å². The molecule has 31 heavy (non-hydrogen) atoms. The second kappa shape index (κ2) is 6.45. The number of phenolic OH excluding ortho intramolecular Hbond substituents is 2. The lowest BCUT2D eigenvalue weighted by Gasteiger charge is -2.66. The molecule has 0 unspecified atom stereocenters. The second-order valence-corrected chi connectivity index (χ2v) is 10.3. The van der Waals surface area contributed by atoms with Crippen molar-refractivity contribution >= 4 is 5.97 Å². The van der Waals surface area contributed by atoms with Crippen LogP contribution in [0.25, 0.3) is 0 Å². The Morgan fingerprint density at radius 1 is 1.19 bits per heavy atom. The van der Waals surface area contributed by atoms with Gasteiger partial charge in [-0.1, -0.05) is 20.8 Å². The normalized spacial score (nSPS) is 40.4. The third kappa shape index (κ3) is 2.72. The molecule has 0 spiro atoms. The van der Waals surface area contributed by atoms with Gasteiger partial charge < -0.3 is 35.4 Å². The smallest absolute Gasteiger partial charge is 0.342 e. The molecule has 1 aromatic rings. The van der Waals surface area contributed by atoms with Gasteiger partial charge in [0.15, 0.2) is 0 Å². The number of aliphatic hydroxyl groups excluding tert-OH is 2. The van der Waals surface area contributed by atoms with Crippen molar-refractivity contribution in [3.8, 4) is 11.5 Å². The van der Waals surface area contributed by atoms with Crippen molar-refractivity contribution in [2.24, 2.45) is 16.7 Å². The lowest BCUT2D eigenvalue weighted by atomic mass is 9.43. The highest BCUT2D eigenvalue weighted by atomic mass is 16.6. The quantitative estimate of drug-likeness (QED) is 0.307. The SMILES string of the molecule is Cc1cc(O)cc(O)c1C(=O)O[C@@H]1C[C@]2(C)[C@H]3[C@@H](O)C(C)(C)C[C@@]3(O)C=C(CO)[C@]12O. The van der Waals surface area contributed by atoms with E-state index in [0.29, 0.717) is 5.56 Å². The molecule has 4 rings (SSSR count). The summed E-state index contributed by atoms with van der Waals surface area (Å²) in [5.74, 6) is -2.23. The predicted octanol–water partition coefficient (Wildman–Crippen LogP) is 1.14. The fourth-order valence-electron chi connectivity index (χ4n) is 6.48. The monoisotopic (exact) mass is 434 g/mol. The maximum Gasteiger partial charge on any atom is 0.342 e. The molecule has 6 atom stereocenters. The summed E-state index contributed by atoms with van der Waals surface area (Å²) in [5, 5.41) is 63.7. The van der Waals surface area contributed by atoms with E-state index in [9.17, 15) is 35.4 Å². The first-order valence-electron chi connectivity index (χ1n) is 10.4. The van der Waals surface area contributed by atoms with Crippen molar-refractivity contribution in [2.75, 3.05) is 6.61 Å². The zero-order valence-electron chi connectivity index (χ0n) is 18.1.